The van der Waals surface area contributed by atoms with Crippen LogP contribution in [0.3, 0.4) is 0 Å². The highest BCUT2D eigenvalue weighted by Crippen LogP contribution is 2.61. The molecule has 9 aromatic rings. The van der Waals surface area contributed by atoms with Crippen molar-refractivity contribution in [3.05, 3.63) is 173 Å². The molecule has 0 radical (unpaired) electrons. The van der Waals surface area contributed by atoms with Crippen molar-refractivity contribution < 1.29 is 0 Å². The van der Waals surface area contributed by atoms with Crippen LogP contribution in [0.2, 0.25) is 0 Å². The molecule has 2 heterocycles. The van der Waals surface area contributed by atoms with Gasteiger partial charge in [-0.05, 0) is 149 Å². The first kappa shape index (κ1) is 29.3. The zero-order valence-electron chi connectivity index (χ0n) is 30.1. The zero-order chi connectivity index (χ0) is 35.1. The molecular formula is C52H38N2. The van der Waals surface area contributed by atoms with E-state index in [1.54, 1.807) is 27.8 Å². The van der Waals surface area contributed by atoms with E-state index in [4.69, 9.17) is 0 Å². The van der Waals surface area contributed by atoms with E-state index < -0.39 is 0 Å². The van der Waals surface area contributed by atoms with Gasteiger partial charge in [0.15, 0.2) is 0 Å². The van der Waals surface area contributed by atoms with Gasteiger partial charge in [0, 0.05) is 38.8 Å². The van der Waals surface area contributed by atoms with Crippen LogP contribution in [0.15, 0.2) is 151 Å². The standard InChI is InChI=1S/C52H38N2/c1-2-10-37(11-3-1)53-47-15-6-4-13-39(47)44-26-33(21-23-49(44)53)34-22-24-50-45(27-34)40-14-5-7-16-48(40)54(50)38-12-8-9-35(25-38)52-46-29-36-28-41(36)43(46)30-42-31-17-19-32(20-18-31)51(42)52/h1-16,21-27,29-32,41H,17-20,28H2. The highest BCUT2D eigenvalue weighted by Gasteiger charge is 2.43. The summed E-state index contributed by atoms with van der Waals surface area (Å²) in [7, 11) is 0. The number of hydrogen-bond acceptors (Lipinski definition) is 0. The maximum Gasteiger partial charge on any atom is 0.0541 e. The van der Waals surface area contributed by atoms with Crippen molar-refractivity contribution in [1.29, 1.82) is 0 Å². The van der Waals surface area contributed by atoms with Gasteiger partial charge in [-0.25, -0.2) is 0 Å². The zero-order valence-corrected chi connectivity index (χ0v) is 30.1. The van der Waals surface area contributed by atoms with Gasteiger partial charge in [-0.1, -0.05) is 96.6 Å². The van der Waals surface area contributed by atoms with Crippen LogP contribution in [-0.2, 0) is 0 Å². The van der Waals surface area contributed by atoms with Crippen molar-refractivity contribution >= 4 is 49.7 Å². The Labute approximate surface area is 314 Å². The monoisotopic (exact) mass is 690 g/mol. The lowest BCUT2D eigenvalue weighted by Crippen LogP contribution is -2.23. The first-order valence-corrected chi connectivity index (χ1v) is 19.9. The summed E-state index contributed by atoms with van der Waals surface area (Å²) in [6, 6.07) is 54.8. The van der Waals surface area contributed by atoms with Gasteiger partial charge >= 0.3 is 0 Å². The third kappa shape index (κ3) is 4.01. The van der Waals surface area contributed by atoms with Crippen LogP contribution < -0.4 is 0 Å². The van der Waals surface area contributed by atoms with E-state index in [-0.39, 0.29) is 0 Å². The number of rotatable bonds is 4. The van der Waals surface area contributed by atoms with Crippen molar-refractivity contribution in [2.75, 3.05) is 0 Å². The molecule has 1 unspecified atom stereocenters. The molecule has 256 valence electrons. The van der Waals surface area contributed by atoms with Crippen LogP contribution in [0.5, 0.6) is 0 Å². The molecule has 5 aliphatic rings. The SMILES string of the molecule is C1=C2CC2c2cc3c(c(-c4cccc(-n5c6ccccc6c6cc(-c7ccc8c(c7)c7ccccc7n8-c7ccccc7)ccc65)c4)c21)C1CCC3CC1. The van der Waals surface area contributed by atoms with E-state index in [0.29, 0.717) is 11.8 Å². The lowest BCUT2D eigenvalue weighted by atomic mass is 9.64. The summed E-state index contributed by atoms with van der Waals surface area (Å²) in [4.78, 5) is 0. The van der Waals surface area contributed by atoms with Crippen molar-refractivity contribution in [3.63, 3.8) is 0 Å². The lowest BCUT2D eigenvalue weighted by Gasteiger charge is -2.40. The molecule has 1 atom stereocenters. The fraction of sp³-hybridized carbons (Fsp3) is 0.154. The minimum atomic E-state index is 0.683. The summed E-state index contributed by atoms with van der Waals surface area (Å²) in [6.07, 6.45) is 9.27. The van der Waals surface area contributed by atoms with Gasteiger partial charge in [-0.3, -0.25) is 0 Å². The summed E-state index contributed by atoms with van der Waals surface area (Å²) in [5, 5.41) is 5.14. The fourth-order valence-corrected chi connectivity index (χ4v) is 11.1. The summed E-state index contributed by atoms with van der Waals surface area (Å²) < 4.78 is 4.90. The Bertz CT molecular complexity index is 3090. The van der Waals surface area contributed by atoms with Gasteiger partial charge in [0.1, 0.15) is 0 Å². The molecule has 7 aromatic carbocycles. The highest BCUT2D eigenvalue weighted by molar-refractivity contribution is 6.12. The number of allylic oxidation sites excluding steroid dienone is 1. The Hall–Kier alpha value is -6.12. The molecule has 2 heteroatoms. The Morgan fingerprint density at radius 1 is 0.426 bits per heavy atom. The van der Waals surface area contributed by atoms with E-state index >= 15 is 0 Å². The normalized spacial score (nSPS) is 19.4. The topological polar surface area (TPSA) is 9.86 Å². The van der Waals surface area contributed by atoms with E-state index in [9.17, 15) is 0 Å². The molecular weight excluding hydrogens is 653 g/mol. The molecule has 0 spiro atoms. The quantitative estimate of drug-likeness (QED) is 0.174. The molecule has 0 aliphatic heterocycles. The van der Waals surface area contributed by atoms with Crippen molar-refractivity contribution in [2.45, 2.75) is 49.9 Å². The van der Waals surface area contributed by atoms with Gasteiger partial charge < -0.3 is 9.13 Å². The number of fused-ring (bicyclic) bond motifs is 11. The second-order valence-electron chi connectivity index (χ2n) is 16.3. The summed E-state index contributed by atoms with van der Waals surface area (Å²) in [6.45, 7) is 0. The third-order valence-corrected chi connectivity index (χ3v) is 13.6. The maximum absolute atomic E-state index is 2.65. The number of hydrogen-bond donors (Lipinski definition) is 0. The Morgan fingerprint density at radius 3 is 1.72 bits per heavy atom. The van der Waals surface area contributed by atoms with E-state index in [1.165, 1.54) is 109 Å². The van der Waals surface area contributed by atoms with Crippen molar-refractivity contribution in [2.24, 2.45) is 0 Å². The molecule has 2 saturated carbocycles. The van der Waals surface area contributed by atoms with E-state index in [1.807, 2.05) is 0 Å². The van der Waals surface area contributed by atoms with Gasteiger partial charge in [-0.15, -0.1) is 0 Å². The molecule has 2 aromatic heterocycles. The lowest BCUT2D eigenvalue weighted by molar-refractivity contribution is 0.359. The Morgan fingerprint density at radius 2 is 1.02 bits per heavy atom. The predicted molar refractivity (Wildman–Crippen MR) is 225 cm³/mol. The average molecular weight is 691 g/mol. The second-order valence-corrected chi connectivity index (χ2v) is 16.3. The summed E-state index contributed by atoms with van der Waals surface area (Å²) >= 11 is 0. The number of nitrogens with zero attached hydrogens (tertiary/aromatic N) is 2. The van der Waals surface area contributed by atoms with Gasteiger partial charge in [0.05, 0.1) is 22.1 Å². The van der Waals surface area contributed by atoms with Crippen molar-refractivity contribution in [1.82, 2.24) is 9.13 Å². The molecule has 2 bridgehead atoms. The molecule has 14 rings (SSSR count). The van der Waals surface area contributed by atoms with Gasteiger partial charge in [0.2, 0.25) is 0 Å². The minimum absolute atomic E-state index is 0.683. The molecule has 0 N–H and O–H groups in total. The van der Waals surface area contributed by atoms with E-state index in [2.05, 4.69) is 161 Å². The average Bonchev–Trinajstić information content (AvgIpc) is 3.64. The minimum Gasteiger partial charge on any atom is -0.309 e. The number of benzene rings is 7. The van der Waals surface area contributed by atoms with Gasteiger partial charge in [0.25, 0.3) is 0 Å². The molecule has 2 fully saturated rings. The van der Waals surface area contributed by atoms with E-state index in [0.717, 1.165) is 5.92 Å². The molecule has 0 amide bonds. The van der Waals surface area contributed by atoms with Crippen LogP contribution in [0, 0.1) is 0 Å². The van der Waals surface area contributed by atoms with Crippen molar-refractivity contribution in [3.8, 4) is 33.6 Å². The number of aromatic nitrogens is 2. The molecule has 0 saturated heterocycles. The summed E-state index contributed by atoms with van der Waals surface area (Å²) in [5.74, 6) is 2.13. The first-order chi connectivity index (χ1) is 26.8. The maximum atomic E-state index is 2.65. The fourth-order valence-electron chi connectivity index (χ4n) is 11.1. The second kappa shape index (κ2) is 10.7. The molecule has 5 aliphatic carbocycles. The first-order valence-electron chi connectivity index (χ1n) is 19.9. The third-order valence-electron chi connectivity index (χ3n) is 13.6. The van der Waals surface area contributed by atoms with Crippen LogP contribution in [0.4, 0.5) is 0 Å². The Kier molecular flexibility index (Phi) is 5.83. The smallest absolute Gasteiger partial charge is 0.0541 e. The predicted octanol–water partition coefficient (Wildman–Crippen LogP) is 13.9. The number of para-hydroxylation sites is 3. The van der Waals surface area contributed by atoms with Crippen LogP contribution in [0.25, 0.3) is 83.3 Å². The molecule has 2 nitrogen and oxygen atoms in total. The summed E-state index contributed by atoms with van der Waals surface area (Å²) in [5.41, 5.74) is 21.0. The van der Waals surface area contributed by atoms with Crippen LogP contribution in [-0.4, -0.2) is 9.13 Å². The largest absolute Gasteiger partial charge is 0.309 e. The highest BCUT2D eigenvalue weighted by atomic mass is 15.0. The van der Waals surface area contributed by atoms with Gasteiger partial charge in [-0.2, -0.15) is 0 Å². The Balaban J connectivity index is 0.977. The van der Waals surface area contributed by atoms with Crippen LogP contribution in [0.1, 0.15) is 72.1 Å². The molecule has 54 heavy (non-hydrogen) atoms. The van der Waals surface area contributed by atoms with Crippen LogP contribution >= 0.6 is 0 Å².